The van der Waals surface area contributed by atoms with Crippen molar-refractivity contribution in [1.29, 1.82) is 0 Å². The molecule has 0 radical (unpaired) electrons. The van der Waals surface area contributed by atoms with Gasteiger partial charge < -0.3 is 9.84 Å². The summed E-state index contributed by atoms with van der Waals surface area (Å²) in [7, 11) is 0. The fraction of sp³-hybridized carbons (Fsp3) is 0.571. The van der Waals surface area contributed by atoms with Crippen LogP contribution in [0.5, 0.6) is 0 Å². The smallest absolute Gasteiger partial charge is 0.103 e. The maximum atomic E-state index is 9.37. The highest BCUT2D eigenvalue weighted by Crippen LogP contribution is 2.17. The van der Waals surface area contributed by atoms with E-state index >= 15 is 0 Å². The van der Waals surface area contributed by atoms with Crippen molar-refractivity contribution in [3.05, 3.63) is 18.5 Å². The molecule has 0 spiro atoms. The quantitative estimate of drug-likeness (QED) is 0.610. The lowest BCUT2D eigenvalue weighted by Gasteiger charge is -2.11. The fourth-order valence-corrected chi connectivity index (χ4v) is 1.26. The summed E-state index contributed by atoms with van der Waals surface area (Å²) in [5.74, 6) is 0. The molecule has 4 heteroatoms. The van der Waals surface area contributed by atoms with E-state index in [0.717, 1.165) is 0 Å². The Hall–Kier alpha value is -0.870. The molecule has 2 rings (SSSR count). The van der Waals surface area contributed by atoms with Crippen LogP contribution in [0.25, 0.3) is 0 Å². The second-order valence-electron chi connectivity index (χ2n) is 2.66. The molecule has 60 valence electrons. The van der Waals surface area contributed by atoms with E-state index in [4.69, 9.17) is 4.74 Å². The summed E-state index contributed by atoms with van der Waals surface area (Å²) < 4.78 is 6.82. The van der Waals surface area contributed by atoms with E-state index < -0.39 is 6.10 Å². The van der Waals surface area contributed by atoms with Crippen molar-refractivity contribution < 1.29 is 9.84 Å². The summed E-state index contributed by atoms with van der Waals surface area (Å²) in [5.41, 5.74) is 0. The normalized spacial score (nSPS) is 31.0. The number of nitrogens with zero attached hydrogens (tertiary/aromatic N) is 2. The van der Waals surface area contributed by atoms with Gasteiger partial charge in [-0.3, -0.25) is 4.68 Å². The summed E-state index contributed by atoms with van der Waals surface area (Å²) in [5, 5.41) is 13.4. The van der Waals surface area contributed by atoms with E-state index in [1.54, 1.807) is 10.9 Å². The van der Waals surface area contributed by atoms with Crippen LogP contribution in [-0.4, -0.2) is 34.2 Å². The molecule has 1 aliphatic heterocycles. The van der Waals surface area contributed by atoms with Gasteiger partial charge in [0.15, 0.2) is 0 Å². The van der Waals surface area contributed by atoms with Crippen molar-refractivity contribution >= 4 is 0 Å². The maximum absolute atomic E-state index is 9.37. The van der Waals surface area contributed by atoms with Crippen LogP contribution in [0.4, 0.5) is 0 Å². The largest absolute Gasteiger partial charge is 0.388 e. The Balaban J connectivity index is 2.16. The molecule has 0 aromatic carbocycles. The molecule has 1 saturated heterocycles. The lowest BCUT2D eigenvalue weighted by molar-refractivity contribution is 0.118. The number of aromatic nitrogens is 2. The first-order chi connectivity index (χ1) is 5.38. The van der Waals surface area contributed by atoms with Crippen molar-refractivity contribution in [3.63, 3.8) is 0 Å². The van der Waals surface area contributed by atoms with E-state index in [2.05, 4.69) is 5.10 Å². The summed E-state index contributed by atoms with van der Waals surface area (Å²) in [6.07, 6.45) is 3.13. The molecule has 1 aromatic heterocycles. The van der Waals surface area contributed by atoms with Gasteiger partial charge in [0.25, 0.3) is 0 Å². The topological polar surface area (TPSA) is 47.3 Å². The van der Waals surface area contributed by atoms with Gasteiger partial charge in [0.05, 0.1) is 13.2 Å². The van der Waals surface area contributed by atoms with E-state index in [-0.39, 0.29) is 6.04 Å². The van der Waals surface area contributed by atoms with Crippen molar-refractivity contribution in [2.75, 3.05) is 13.2 Å². The zero-order chi connectivity index (χ0) is 7.68. The fourth-order valence-electron chi connectivity index (χ4n) is 1.26. The lowest BCUT2D eigenvalue weighted by atomic mass is 10.2. The molecule has 0 unspecified atom stereocenters. The van der Waals surface area contributed by atoms with Gasteiger partial charge in [-0.25, -0.2) is 0 Å². The number of hydrogen-bond acceptors (Lipinski definition) is 3. The summed E-state index contributed by atoms with van der Waals surface area (Å²) >= 11 is 0. The Labute approximate surface area is 64.4 Å². The molecular weight excluding hydrogens is 144 g/mol. The minimum atomic E-state index is -0.408. The molecular formula is C7H10N2O2. The Morgan fingerprint density at radius 1 is 1.55 bits per heavy atom. The maximum Gasteiger partial charge on any atom is 0.103 e. The van der Waals surface area contributed by atoms with Gasteiger partial charge in [-0.2, -0.15) is 5.10 Å². The van der Waals surface area contributed by atoms with Crippen LogP contribution < -0.4 is 0 Å². The molecule has 1 aromatic rings. The molecule has 1 aliphatic rings. The van der Waals surface area contributed by atoms with Crippen molar-refractivity contribution in [2.24, 2.45) is 0 Å². The third kappa shape index (κ3) is 1.15. The zero-order valence-electron chi connectivity index (χ0n) is 6.05. The Morgan fingerprint density at radius 2 is 2.45 bits per heavy atom. The molecule has 1 N–H and O–H groups in total. The van der Waals surface area contributed by atoms with Gasteiger partial charge in [0, 0.05) is 12.4 Å². The van der Waals surface area contributed by atoms with Crippen LogP contribution in [-0.2, 0) is 4.74 Å². The predicted molar refractivity (Wildman–Crippen MR) is 38.1 cm³/mol. The van der Waals surface area contributed by atoms with Crippen LogP contribution in [0.2, 0.25) is 0 Å². The number of ether oxygens (including phenoxy) is 1. The standard InChI is InChI=1S/C7H10N2O2/c10-7-5-11-4-6(7)9-3-1-2-8-9/h1-3,6-7,10H,4-5H2/t6-,7-/m1/s1. The van der Waals surface area contributed by atoms with Crippen molar-refractivity contribution in [1.82, 2.24) is 9.78 Å². The zero-order valence-corrected chi connectivity index (χ0v) is 6.05. The third-order valence-corrected chi connectivity index (χ3v) is 1.89. The van der Waals surface area contributed by atoms with Gasteiger partial charge in [-0.15, -0.1) is 0 Å². The monoisotopic (exact) mass is 154 g/mol. The Morgan fingerprint density at radius 3 is 3.00 bits per heavy atom. The lowest BCUT2D eigenvalue weighted by Crippen LogP contribution is -2.22. The summed E-state index contributed by atoms with van der Waals surface area (Å²) in [6, 6.07) is 1.84. The molecule has 0 bridgehead atoms. The molecule has 0 amide bonds. The highest BCUT2D eigenvalue weighted by molar-refractivity contribution is 4.86. The van der Waals surface area contributed by atoms with Gasteiger partial charge in [-0.05, 0) is 6.07 Å². The molecule has 2 atom stereocenters. The average Bonchev–Trinajstić information content (AvgIpc) is 2.55. The first kappa shape index (κ1) is 6.82. The van der Waals surface area contributed by atoms with E-state index in [9.17, 15) is 5.11 Å². The molecule has 4 nitrogen and oxygen atoms in total. The third-order valence-electron chi connectivity index (χ3n) is 1.89. The van der Waals surface area contributed by atoms with Crippen molar-refractivity contribution in [3.8, 4) is 0 Å². The predicted octanol–water partition coefficient (Wildman–Crippen LogP) is -0.185. The van der Waals surface area contributed by atoms with Gasteiger partial charge in [0.1, 0.15) is 12.1 Å². The number of aliphatic hydroxyl groups excluding tert-OH is 1. The number of rotatable bonds is 1. The van der Waals surface area contributed by atoms with E-state index in [1.807, 2.05) is 12.3 Å². The van der Waals surface area contributed by atoms with Gasteiger partial charge >= 0.3 is 0 Å². The molecule has 0 aliphatic carbocycles. The highest BCUT2D eigenvalue weighted by Gasteiger charge is 2.27. The number of hydrogen-bond donors (Lipinski definition) is 1. The number of aliphatic hydroxyl groups is 1. The first-order valence-electron chi connectivity index (χ1n) is 3.63. The van der Waals surface area contributed by atoms with Crippen LogP contribution in [0.1, 0.15) is 6.04 Å². The van der Waals surface area contributed by atoms with Gasteiger partial charge in [-0.1, -0.05) is 0 Å². The van der Waals surface area contributed by atoms with Crippen LogP contribution in [0, 0.1) is 0 Å². The molecule has 1 fully saturated rings. The molecule has 2 heterocycles. The van der Waals surface area contributed by atoms with Crippen LogP contribution >= 0.6 is 0 Å². The minimum absolute atomic E-state index is 0.00463. The van der Waals surface area contributed by atoms with Crippen molar-refractivity contribution in [2.45, 2.75) is 12.1 Å². The average molecular weight is 154 g/mol. The second kappa shape index (κ2) is 2.64. The van der Waals surface area contributed by atoms with Crippen LogP contribution in [0.15, 0.2) is 18.5 Å². The van der Waals surface area contributed by atoms with Gasteiger partial charge in [0.2, 0.25) is 0 Å². The highest BCUT2D eigenvalue weighted by atomic mass is 16.5. The Kier molecular flexibility index (Phi) is 1.63. The molecule has 0 saturated carbocycles. The Bertz CT molecular complexity index is 222. The SMILES string of the molecule is O[C@@H]1COC[C@H]1n1cccn1. The summed E-state index contributed by atoms with van der Waals surface area (Å²) in [4.78, 5) is 0. The minimum Gasteiger partial charge on any atom is -0.388 e. The summed E-state index contributed by atoms with van der Waals surface area (Å²) in [6.45, 7) is 0.980. The molecule has 11 heavy (non-hydrogen) atoms. The van der Waals surface area contributed by atoms with E-state index in [0.29, 0.717) is 13.2 Å². The first-order valence-corrected chi connectivity index (χ1v) is 3.63. The van der Waals surface area contributed by atoms with Crippen LogP contribution in [0.3, 0.4) is 0 Å². The second-order valence-corrected chi connectivity index (χ2v) is 2.66. The van der Waals surface area contributed by atoms with E-state index in [1.165, 1.54) is 0 Å².